The summed E-state index contributed by atoms with van der Waals surface area (Å²) in [6.45, 7) is 3.62. The van der Waals surface area contributed by atoms with Crippen LogP contribution in [0.1, 0.15) is 57.9 Å². The summed E-state index contributed by atoms with van der Waals surface area (Å²) in [6, 6.07) is 7.75. The maximum Gasteiger partial charge on any atom is 0.509 e. The van der Waals surface area contributed by atoms with E-state index in [4.69, 9.17) is 5.73 Å². The first-order valence-electron chi connectivity index (χ1n) is 11.9. The summed E-state index contributed by atoms with van der Waals surface area (Å²) in [5, 5.41) is 15.9. The molecule has 0 bridgehead atoms. The van der Waals surface area contributed by atoms with E-state index in [0.717, 1.165) is 37.7 Å². The summed E-state index contributed by atoms with van der Waals surface area (Å²) in [6.07, 6.45) is 4.50. The maximum absolute atomic E-state index is 12.9. The molecule has 5 atom stereocenters. The molecule has 1 aromatic rings. The highest BCUT2D eigenvalue weighted by Crippen LogP contribution is 2.40. The molecule has 1 aliphatic rings. The molecule has 1 fully saturated rings. The fourth-order valence-electron chi connectivity index (χ4n) is 4.32. The van der Waals surface area contributed by atoms with Crippen molar-refractivity contribution in [3.63, 3.8) is 0 Å². The summed E-state index contributed by atoms with van der Waals surface area (Å²) in [7, 11) is -2.41. The normalized spacial score (nSPS) is 18.8. The number of hydrogen-bond donors (Lipinski definition) is 5. The Labute approximate surface area is 197 Å². The molecule has 33 heavy (non-hydrogen) atoms. The molecule has 9 heteroatoms. The van der Waals surface area contributed by atoms with Gasteiger partial charge in [0, 0.05) is 25.3 Å². The molecule has 2 amide bonds. The summed E-state index contributed by atoms with van der Waals surface area (Å²) in [5.41, 5.74) is 6.35. The summed E-state index contributed by atoms with van der Waals surface area (Å²) in [4.78, 5) is 35.2. The van der Waals surface area contributed by atoms with Crippen LogP contribution in [0.15, 0.2) is 30.3 Å². The topological polar surface area (TPSA) is 142 Å². The molecule has 0 aromatic heterocycles. The molecule has 6 N–H and O–H groups in total. The van der Waals surface area contributed by atoms with Crippen molar-refractivity contribution in [2.75, 3.05) is 6.54 Å². The van der Waals surface area contributed by atoms with Crippen LogP contribution in [-0.2, 0) is 20.6 Å². The minimum Gasteiger partial charge on any atom is -0.391 e. The van der Waals surface area contributed by atoms with Crippen molar-refractivity contribution in [2.45, 2.75) is 82.6 Å². The molecular formula is C24H39N3O5P+. The highest BCUT2D eigenvalue weighted by Gasteiger charge is 2.39. The third-order valence-corrected chi connectivity index (χ3v) is 7.64. The van der Waals surface area contributed by atoms with Crippen LogP contribution in [0.2, 0.25) is 0 Å². The minimum absolute atomic E-state index is 0.0530. The van der Waals surface area contributed by atoms with E-state index in [1.54, 1.807) is 0 Å². The van der Waals surface area contributed by atoms with Gasteiger partial charge in [-0.3, -0.25) is 9.59 Å². The van der Waals surface area contributed by atoms with E-state index >= 15 is 0 Å². The number of nitrogens with two attached hydrogens (primary N) is 1. The SMILES string of the molecule is CC(C)[C@H](N)C(=O)N[C@@H](Cc1ccccc1)C(=O)NC[C@H](O)CC(C1CCCCC1)[P+](=O)O. The van der Waals surface area contributed by atoms with Gasteiger partial charge in [-0.05, 0) is 28.9 Å². The number of amides is 2. The average Bonchev–Trinajstić information content (AvgIpc) is 2.80. The fraction of sp³-hybridized carbons (Fsp3) is 0.667. The molecule has 0 heterocycles. The van der Waals surface area contributed by atoms with Crippen molar-refractivity contribution in [3.8, 4) is 0 Å². The molecule has 1 aliphatic carbocycles. The van der Waals surface area contributed by atoms with Crippen LogP contribution in [0.3, 0.4) is 0 Å². The predicted molar refractivity (Wildman–Crippen MR) is 129 cm³/mol. The second kappa shape index (κ2) is 13.8. The summed E-state index contributed by atoms with van der Waals surface area (Å²) in [5.74, 6) is -0.786. The summed E-state index contributed by atoms with van der Waals surface area (Å²) >= 11 is 0. The molecule has 1 saturated carbocycles. The number of nitrogens with one attached hydrogen (secondary N) is 2. The van der Waals surface area contributed by atoms with E-state index < -0.39 is 43.7 Å². The van der Waals surface area contributed by atoms with Gasteiger partial charge < -0.3 is 21.5 Å². The monoisotopic (exact) mass is 480 g/mol. The van der Waals surface area contributed by atoms with E-state index in [1.807, 2.05) is 44.2 Å². The van der Waals surface area contributed by atoms with Crippen LogP contribution < -0.4 is 16.4 Å². The van der Waals surface area contributed by atoms with Crippen LogP contribution in [0, 0.1) is 11.8 Å². The van der Waals surface area contributed by atoms with Crippen molar-refractivity contribution in [3.05, 3.63) is 35.9 Å². The van der Waals surface area contributed by atoms with Crippen molar-refractivity contribution in [1.29, 1.82) is 0 Å². The molecule has 0 spiro atoms. The van der Waals surface area contributed by atoms with Gasteiger partial charge in [-0.1, -0.05) is 63.4 Å². The van der Waals surface area contributed by atoms with Crippen molar-refractivity contribution < 1.29 is 24.2 Å². The number of hydrogen-bond acceptors (Lipinski definition) is 5. The lowest BCUT2D eigenvalue weighted by molar-refractivity contribution is -0.130. The quantitative estimate of drug-likeness (QED) is 0.291. The zero-order valence-corrected chi connectivity index (χ0v) is 20.5. The maximum atomic E-state index is 12.9. The zero-order chi connectivity index (χ0) is 24.4. The largest absolute Gasteiger partial charge is 0.509 e. The lowest BCUT2D eigenvalue weighted by Crippen LogP contribution is -2.54. The van der Waals surface area contributed by atoms with Crippen LogP contribution in [-0.4, -0.2) is 52.2 Å². The minimum atomic E-state index is -2.41. The molecule has 8 nitrogen and oxygen atoms in total. The van der Waals surface area contributed by atoms with Crippen LogP contribution in [0.5, 0.6) is 0 Å². The Hall–Kier alpha value is -1.86. The van der Waals surface area contributed by atoms with E-state index in [2.05, 4.69) is 10.6 Å². The van der Waals surface area contributed by atoms with Crippen LogP contribution in [0.25, 0.3) is 0 Å². The number of aliphatic hydroxyl groups is 1. The van der Waals surface area contributed by atoms with Crippen LogP contribution in [0.4, 0.5) is 0 Å². The Morgan fingerprint density at radius 1 is 1.12 bits per heavy atom. The molecule has 184 valence electrons. The Morgan fingerprint density at radius 3 is 2.33 bits per heavy atom. The lowest BCUT2D eigenvalue weighted by atomic mass is 9.85. The number of aliphatic hydroxyl groups excluding tert-OH is 1. The molecule has 2 rings (SSSR count). The Morgan fingerprint density at radius 2 is 1.76 bits per heavy atom. The van der Waals surface area contributed by atoms with Crippen LogP contribution >= 0.6 is 8.03 Å². The average molecular weight is 481 g/mol. The predicted octanol–water partition coefficient (Wildman–Crippen LogP) is 2.25. The second-order valence-electron chi connectivity index (χ2n) is 9.42. The van der Waals surface area contributed by atoms with Gasteiger partial charge in [0.05, 0.1) is 12.1 Å². The van der Waals surface area contributed by atoms with Gasteiger partial charge in [-0.15, -0.1) is 0 Å². The molecule has 0 aliphatic heterocycles. The van der Waals surface area contributed by atoms with Gasteiger partial charge in [0.1, 0.15) is 6.04 Å². The highest BCUT2D eigenvalue weighted by molar-refractivity contribution is 7.38. The van der Waals surface area contributed by atoms with Gasteiger partial charge in [0.25, 0.3) is 0 Å². The Balaban J connectivity index is 1.98. The molecular weight excluding hydrogens is 441 g/mol. The number of carbonyl (C=O) groups is 2. The second-order valence-corrected chi connectivity index (χ2v) is 10.7. The van der Waals surface area contributed by atoms with E-state index in [1.165, 1.54) is 0 Å². The Bertz CT molecular complexity index is 771. The van der Waals surface area contributed by atoms with Crippen molar-refractivity contribution in [2.24, 2.45) is 17.6 Å². The molecule has 0 radical (unpaired) electrons. The fourth-order valence-corrected chi connectivity index (χ4v) is 5.40. The van der Waals surface area contributed by atoms with Gasteiger partial charge in [0.2, 0.25) is 11.8 Å². The zero-order valence-electron chi connectivity index (χ0n) is 19.7. The first kappa shape index (κ1) is 27.4. The lowest BCUT2D eigenvalue weighted by Gasteiger charge is -2.25. The number of rotatable bonds is 12. The highest BCUT2D eigenvalue weighted by atomic mass is 31.1. The molecule has 2 unspecified atom stereocenters. The molecule has 1 aromatic carbocycles. The van der Waals surface area contributed by atoms with E-state index in [9.17, 15) is 24.2 Å². The standard InChI is InChI=1S/C24H38N3O5P/c1-16(2)22(25)24(30)27-20(13-17-9-5-3-6-10-17)23(29)26-15-19(28)14-21(33(31)32)18-11-7-4-8-12-18/h3,5-6,9-10,16,18-22,28H,4,7-8,11-15,25H2,1-2H3,(H2-,26,27,29,30,31,32)/p+1/t19-,20+,21?,22+/m1/s1. The van der Waals surface area contributed by atoms with Gasteiger partial charge >= 0.3 is 8.03 Å². The van der Waals surface area contributed by atoms with E-state index in [0.29, 0.717) is 0 Å². The van der Waals surface area contributed by atoms with Crippen molar-refractivity contribution >= 4 is 19.8 Å². The molecule has 0 saturated heterocycles. The smallest absolute Gasteiger partial charge is 0.391 e. The number of benzene rings is 1. The third-order valence-electron chi connectivity index (χ3n) is 6.44. The van der Waals surface area contributed by atoms with E-state index in [-0.39, 0.29) is 31.2 Å². The third kappa shape index (κ3) is 9.13. The first-order valence-corrected chi connectivity index (χ1v) is 13.2. The summed E-state index contributed by atoms with van der Waals surface area (Å²) < 4.78 is 11.9. The van der Waals surface area contributed by atoms with Gasteiger partial charge in [-0.2, -0.15) is 4.89 Å². The van der Waals surface area contributed by atoms with Gasteiger partial charge in [0.15, 0.2) is 5.66 Å². The number of carbonyl (C=O) groups excluding carboxylic acids is 2. The van der Waals surface area contributed by atoms with Gasteiger partial charge in [-0.25, -0.2) is 0 Å². The Kier molecular flexibility index (Phi) is 11.4. The first-order chi connectivity index (χ1) is 15.7. The van der Waals surface area contributed by atoms with Crippen molar-refractivity contribution in [1.82, 2.24) is 10.6 Å².